The maximum Gasteiger partial charge on any atom is 0.295 e. The minimum Gasteiger partial charge on any atom is -0.507 e. The molecule has 0 radical (unpaired) electrons. The topological polar surface area (TPSA) is 66.8 Å². The summed E-state index contributed by atoms with van der Waals surface area (Å²) < 4.78 is 5.21. The molecule has 1 aromatic heterocycles. The van der Waals surface area contributed by atoms with Gasteiger partial charge in [-0.2, -0.15) is 0 Å². The third-order valence-electron chi connectivity index (χ3n) is 4.84. The Labute approximate surface area is 162 Å². The van der Waals surface area contributed by atoms with Crippen LogP contribution in [0, 0.1) is 13.8 Å². The second kappa shape index (κ2) is 7.56. The zero-order valence-electron chi connectivity index (χ0n) is 15.9. The maximum atomic E-state index is 12.8. The zero-order chi connectivity index (χ0) is 19.7. The van der Waals surface area contributed by atoms with Crippen LogP contribution in [0.1, 0.15) is 41.0 Å². The molecule has 1 unspecified atom stereocenters. The van der Waals surface area contributed by atoms with Crippen LogP contribution in [-0.2, 0) is 9.59 Å². The predicted octanol–water partition coefficient (Wildman–Crippen LogP) is 4.21. The second-order valence-electron chi connectivity index (χ2n) is 6.64. The number of methoxy groups -OCH3 is 1. The molecule has 5 nitrogen and oxygen atoms in total. The number of thiophene rings is 1. The van der Waals surface area contributed by atoms with Crippen LogP contribution in [0.4, 0.5) is 0 Å². The van der Waals surface area contributed by atoms with Crippen molar-refractivity contribution >= 4 is 28.8 Å². The van der Waals surface area contributed by atoms with Gasteiger partial charge in [0.1, 0.15) is 11.5 Å². The van der Waals surface area contributed by atoms with Crippen LogP contribution >= 0.6 is 11.3 Å². The number of carbonyl (C=O) groups is 2. The lowest BCUT2D eigenvalue weighted by atomic mass is 9.96. The molecule has 2 heterocycles. The van der Waals surface area contributed by atoms with E-state index in [0.29, 0.717) is 17.9 Å². The van der Waals surface area contributed by atoms with E-state index in [1.165, 1.54) is 11.3 Å². The number of aliphatic hydroxyl groups excluding tert-OH is 1. The van der Waals surface area contributed by atoms with Gasteiger partial charge < -0.3 is 14.7 Å². The first-order valence-corrected chi connectivity index (χ1v) is 9.76. The fourth-order valence-electron chi connectivity index (χ4n) is 3.46. The summed E-state index contributed by atoms with van der Waals surface area (Å²) in [4.78, 5) is 28.0. The largest absolute Gasteiger partial charge is 0.507 e. The van der Waals surface area contributed by atoms with E-state index in [-0.39, 0.29) is 11.3 Å². The molecule has 1 N–H and O–H groups in total. The van der Waals surface area contributed by atoms with Crippen molar-refractivity contribution in [2.24, 2.45) is 0 Å². The number of aryl methyl sites for hydroxylation is 2. The summed E-state index contributed by atoms with van der Waals surface area (Å²) in [5.41, 5.74) is 2.47. The molecule has 2 aromatic rings. The van der Waals surface area contributed by atoms with Crippen molar-refractivity contribution < 1.29 is 19.4 Å². The Kier molecular flexibility index (Phi) is 5.37. The van der Waals surface area contributed by atoms with Gasteiger partial charge in [0.2, 0.25) is 0 Å². The Bertz CT molecular complexity index is 928. The Morgan fingerprint density at radius 3 is 2.52 bits per heavy atom. The molecule has 3 rings (SSSR count). The van der Waals surface area contributed by atoms with Crippen LogP contribution in [0.15, 0.2) is 35.2 Å². The summed E-state index contributed by atoms with van der Waals surface area (Å²) in [6.07, 6.45) is 0.732. The van der Waals surface area contributed by atoms with Gasteiger partial charge in [0, 0.05) is 17.0 Å². The van der Waals surface area contributed by atoms with Crippen molar-refractivity contribution in [3.63, 3.8) is 0 Å². The van der Waals surface area contributed by atoms with E-state index in [9.17, 15) is 14.7 Å². The number of carbonyl (C=O) groups excluding carboxylic acids is 2. The summed E-state index contributed by atoms with van der Waals surface area (Å²) in [5, 5.41) is 13.0. The summed E-state index contributed by atoms with van der Waals surface area (Å²) in [7, 11) is 1.57. The number of ketones is 1. The van der Waals surface area contributed by atoms with Gasteiger partial charge in [-0.05, 0) is 61.0 Å². The first kappa shape index (κ1) is 19.2. The first-order chi connectivity index (χ1) is 12.9. The number of aliphatic hydroxyl groups is 1. The Morgan fingerprint density at radius 2 is 1.96 bits per heavy atom. The van der Waals surface area contributed by atoms with Crippen molar-refractivity contribution in [2.75, 3.05) is 13.7 Å². The lowest BCUT2D eigenvalue weighted by Gasteiger charge is -2.24. The lowest BCUT2D eigenvalue weighted by Crippen LogP contribution is -2.30. The predicted molar refractivity (Wildman–Crippen MR) is 106 cm³/mol. The van der Waals surface area contributed by atoms with Gasteiger partial charge in [-0.3, -0.25) is 9.59 Å². The molecule has 6 heteroatoms. The molecule has 1 aromatic carbocycles. The number of rotatable bonds is 5. The summed E-state index contributed by atoms with van der Waals surface area (Å²) in [6.45, 7) is 6.22. The number of amides is 1. The number of hydrogen-bond donors (Lipinski definition) is 1. The summed E-state index contributed by atoms with van der Waals surface area (Å²) in [6, 6.07) is 6.66. The van der Waals surface area contributed by atoms with Crippen LogP contribution in [-0.4, -0.2) is 35.4 Å². The summed E-state index contributed by atoms with van der Waals surface area (Å²) >= 11 is 1.50. The minimum atomic E-state index is -0.631. The van der Waals surface area contributed by atoms with Gasteiger partial charge in [-0.15, -0.1) is 11.3 Å². The fourth-order valence-corrected chi connectivity index (χ4v) is 4.51. The Morgan fingerprint density at radius 1 is 1.22 bits per heavy atom. The van der Waals surface area contributed by atoms with Crippen molar-refractivity contribution in [1.29, 1.82) is 0 Å². The molecule has 0 saturated carbocycles. The molecule has 1 saturated heterocycles. The third kappa shape index (κ3) is 3.25. The Hall–Kier alpha value is -2.60. The van der Waals surface area contributed by atoms with E-state index in [0.717, 1.165) is 22.4 Å². The van der Waals surface area contributed by atoms with Crippen molar-refractivity contribution in [3.8, 4) is 5.75 Å². The second-order valence-corrected chi connectivity index (χ2v) is 7.59. The molecular weight excluding hydrogens is 362 g/mol. The minimum absolute atomic E-state index is 0.134. The quantitative estimate of drug-likeness (QED) is 0.476. The molecule has 1 aliphatic heterocycles. The number of hydrogen-bond acceptors (Lipinski definition) is 5. The number of benzene rings is 1. The molecule has 1 amide bonds. The van der Waals surface area contributed by atoms with Gasteiger partial charge in [0.25, 0.3) is 11.7 Å². The number of nitrogens with zero attached hydrogens (tertiary/aromatic N) is 1. The number of likely N-dealkylation sites (tertiary alicyclic amines) is 1. The van der Waals surface area contributed by atoms with E-state index in [1.54, 1.807) is 30.2 Å². The van der Waals surface area contributed by atoms with Crippen molar-refractivity contribution in [1.82, 2.24) is 4.90 Å². The molecule has 142 valence electrons. The average Bonchev–Trinajstić information content (AvgIpc) is 3.17. The molecule has 1 aliphatic rings. The fraction of sp³-hybridized carbons (Fsp3) is 0.333. The molecule has 0 aliphatic carbocycles. The van der Waals surface area contributed by atoms with Crippen molar-refractivity contribution in [3.05, 3.63) is 56.8 Å². The van der Waals surface area contributed by atoms with Gasteiger partial charge in [-0.25, -0.2) is 0 Å². The highest BCUT2D eigenvalue weighted by Gasteiger charge is 2.46. The van der Waals surface area contributed by atoms with Gasteiger partial charge in [0.05, 0.1) is 18.7 Å². The van der Waals surface area contributed by atoms with E-state index in [2.05, 4.69) is 0 Å². The monoisotopic (exact) mass is 385 g/mol. The number of ether oxygens (including phenoxy) is 1. The highest BCUT2D eigenvalue weighted by molar-refractivity contribution is 7.10. The van der Waals surface area contributed by atoms with Gasteiger partial charge in [-0.1, -0.05) is 6.92 Å². The zero-order valence-corrected chi connectivity index (χ0v) is 16.7. The highest BCUT2D eigenvalue weighted by atomic mass is 32.1. The van der Waals surface area contributed by atoms with Crippen molar-refractivity contribution in [2.45, 2.75) is 33.2 Å². The van der Waals surface area contributed by atoms with Crippen LogP contribution < -0.4 is 4.74 Å². The standard InChI is InChI=1S/C21H23NO4S/c1-5-9-22-17(20-12(2)8-10-27-20)16(19(24)21(22)25)18(23)15-7-6-14(26-4)11-13(15)3/h6-8,10-11,17,23H,5,9H2,1-4H3/b18-16+. The van der Waals surface area contributed by atoms with Crippen LogP contribution in [0.5, 0.6) is 5.75 Å². The smallest absolute Gasteiger partial charge is 0.295 e. The molecule has 27 heavy (non-hydrogen) atoms. The van der Waals surface area contributed by atoms with E-state index >= 15 is 0 Å². The molecule has 1 atom stereocenters. The van der Waals surface area contributed by atoms with Crippen LogP contribution in [0.2, 0.25) is 0 Å². The molecule has 0 spiro atoms. The molecule has 1 fully saturated rings. The normalized spacial score (nSPS) is 19.0. The van der Waals surface area contributed by atoms with Gasteiger partial charge >= 0.3 is 0 Å². The third-order valence-corrected chi connectivity index (χ3v) is 5.91. The average molecular weight is 385 g/mol. The lowest BCUT2D eigenvalue weighted by molar-refractivity contribution is -0.139. The van der Waals surface area contributed by atoms with Crippen LogP contribution in [0.25, 0.3) is 5.76 Å². The maximum absolute atomic E-state index is 12.8. The molecule has 0 bridgehead atoms. The van der Waals surface area contributed by atoms with E-state index in [1.807, 2.05) is 32.2 Å². The van der Waals surface area contributed by atoms with E-state index < -0.39 is 17.7 Å². The highest BCUT2D eigenvalue weighted by Crippen LogP contribution is 2.43. The Balaban J connectivity index is 2.21. The van der Waals surface area contributed by atoms with Gasteiger partial charge in [0.15, 0.2) is 0 Å². The SMILES string of the molecule is CCCN1C(=O)C(=O)/C(=C(/O)c2ccc(OC)cc2C)C1c1sccc1C. The summed E-state index contributed by atoms with van der Waals surface area (Å²) in [5.74, 6) is -0.651. The number of Topliss-reactive ketones (excluding diaryl/α,β-unsaturated/α-hetero) is 1. The molecular formula is C21H23NO4S. The van der Waals surface area contributed by atoms with E-state index in [4.69, 9.17) is 4.74 Å². The first-order valence-electron chi connectivity index (χ1n) is 8.88. The van der Waals surface area contributed by atoms with Crippen LogP contribution in [0.3, 0.4) is 0 Å².